The number of rotatable bonds is 14. The Balaban J connectivity index is 2.25. The van der Waals surface area contributed by atoms with Gasteiger partial charge in [0, 0.05) is 0 Å². The van der Waals surface area contributed by atoms with Crippen molar-refractivity contribution in [3.8, 4) is 22.3 Å². The maximum atomic E-state index is 8.31. The van der Waals surface area contributed by atoms with Gasteiger partial charge in [-0.25, -0.2) is 0 Å². The first kappa shape index (κ1) is 44.5. The molecule has 1 unspecified atom stereocenters. The average Bonchev–Trinajstić information content (AvgIpc) is 3.09. The van der Waals surface area contributed by atoms with E-state index in [1.165, 1.54) is 82.8 Å². The first-order chi connectivity index (χ1) is 25.2. The molecule has 1 atom stereocenters. The molecule has 1 radical (unpaired) electrons. The highest BCUT2D eigenvalue weighted by Crippen LogP contribution is 2.44. The van der Waals surface area contributed by atoms with Crippen LogP contribution in [0, 0.1) is 0 Å². The Bertz CT molecular complexity index is 1720. The van der Waals surface area contributed by atoms with Crippen molar-refractivity contribution in [1.29, 1.82) is 0 Å². The monoisotopic (exact) mass is 779 g/mol. The molecule has 0 aliphatic rings. The Morgan fingerprint density at radius 2 is 0.648 bits per heavy atom. The highest BCUT2D eigenvalue weighted by atomic mass is 35.6. The molecule has 0 fully saturated rings. The quantitative estimate of drug-likeness (QED) is 0.0679. The number of halogens is 1. The third kappa shape index (κ3) is 9.50. The molecule has 0 nitrogen and oxygen atoms in total. The van der Waals surface area contributed by atoms with Crippen LogP contribution in [0.4, 0.5) is 0 Å². The fourth-order valence-corrected chi connectivity index (χ4v) is 14.4. The van der Waals surface area contributed by atoms with Crippen molar-refractivity contribution in [3.05, 3.63) is 105 Å². The van der Waals surface area contributed by atoms with Crippen LogP contribution in [0.25, 0.3) is 22.3 Å². The molecular weight excluding hydrogens is 707 g/mol. The summed E-state index contributed by atoms with van der Waals surface area (Å²) in [6, 6.07) is 22.3. The zero-order valence-corrected chi connectivity index (χ0v) is 40.0. The van der Waals surface area contributed by atoms with E-state index in [4.69, 9.17) is 11.1 Å². The largest absolute Gasteiger partial charge is 0.231 e. The smallest absolute Gasteiger partial charge is 0.156 e. The van der Waals surface area contributed by atoms with Crippen molar-refractivity contribution >= 4 is 37.5 Å². The van der Waals surface area contributed by atoms with E-state index in [9.17, 15) is 0 Å². The van der Waals surface area contributed by atoms with Crippen molar-refractivity contribution < 1.29 is 0 Å². The highest BCUT2D eigenvalue weighted by molar-refractivity contribution is 7.92. The summed E-state index contributed by atoms with van der Waals surface area (Å²) in [5, 5.41) is 2.92. The van der Waals surface area contributed by atoms with Crippen molar-refractivity contribution in [2.75, 3.05) is 0 Å². The Labute approximate surface area is 340 Å². The summed E-state index contributed by atoms with van der Waals surface area (Å²) >= 11 is 8.31. The lowest BCUT2D eigenvalue weighted by atomic mass is 9.79. The molecule has 3 heteroatoms. The summed E-state index contributed by atoms with van der Waals surface area (Å²) in [7, 11) is -1.10. The van der Waals surface area contributed by atoms with Gasteiger partial charge >= 0.3 is 0 Å². The minimum atomic E-state index is -1.64. The van der Waals surface area contributed by atoms with Crippen LogP contribution in [0.2, 0.25) is 0 Å². The average molecular weight is 781 g/mol. The Hall–Kier alpha value is -2.18. The molecule has 4 aromatic carbocycles. The Morgan fingerprint density at radius 1 is 0.389 bits per heavy atom. The maximum absolute atomic E-state index is 8.31. The second kappa shape index (κ2) is 18.4. The summed E-state index contributed by atoms with van der Waals surface area (Å²) in [5.41, 5.74) is 18.7. The van der Waals surface area contributed by atoms with Crippen LogP contribution in [0.3, 0.4) is 0 Å². The second-order valence-corrected chi connectivity index (χ2v) is 25.0. The Morgan fingerprint density at radius 3 is 0.889 bits per heavy atom. The van der Waals surface area contributed by atoms with Crippen molar-refractivity contribution in [3.63, 3.8) is 0 Å². The van der Waals surface area contributed by atoms with Crippen LogP contribution in [-0.4, -0.2) is 7.77 Å². The van der Waals surface area contributed by atoms with E-state index in [0.717, 1.165) is 0 Å². The van der Waals surface area contributed by atoms with Gasteiger partial charge in [0.25, 0.3) is 0 Å². The van der Waals surface area contributed by atoms with Gasteiger partial charge in [0.05, 0.1) is 0 Å². The first-order valence-corrected chi connectivity index (χ1v) is 25.6. The van der Waals surface area contributed by atoms with Gasteiger partial charge in [-0.2, -0.15) is 11.1 Å². The minimum absolute atomic E-state index is 0.382. The molecule has 0 aliphatic carbocycles. The molecule has 0 heterocycles. The predicted octanol–water partition coefficient (Wildman–Crippen LogP) is 16.1. The predicted molar refractivity (Wildman–Crippen MR) is 250 cm³/mol. The zero-order valence-electron chi connectivity index (χ0n) is 37.3. The van der Waals surface area contributed by atoms with Crippen LogP contribution >= 0.6 is 19.2 Å². The molecule has 0 spiro atoms. The van der Waals surface area contributed by atoms with Gasteiger partial charge in [0.15, 0.2) is 0 Å². The van der Waals surface area contributed by atoms with Gasteiger partial charge in [-0.1, -0.05) is 187 Å². The molecule has 0 saturated heterocycles. The lowest BCUT2D eigenvalue weighted by Crippen LogP contribution is -2.30. The number of benzene rings is 4. The van der Waals surface area contributed by atoms with Crippen LogP contribution in [0.1, 0.15) is 228 Å². The van der Waals surface area contributed by atoms with Crippen LogP contribution in [-0.2, 0) is 0 Å². The molecule has 0 N–H and O–H groups in total. The van der Waals surface area contributed by atoms with Gasteiger partial charge in [0.2, 0.25) is 7.77 Å². The summed E-state index contributed by atoms with van der Waals surface area (Å²) in [5.74, 6) is 3.80. The molecule has 0 aliphatic heterocycles. The van der Waals surface area contributed by atoms with E-state index in [2.05, 4.69) is 179 Å². The van der Waals surface area contributed by atoms with Gasteiger partial charge < -0.3 is 0 Å². The van der Waals surface area contributed by atoms with Crippen molar-refractivity contribution in [1.82, 2.24) is 0 Å². The fourth-order valence-electron chi connectivity index (χ4n) is 8.01. The van der Waals surface area contributed by atoms with Gasteiger partial charge in [-0.15, -0.1) is 0 Å². The van der Waals surface area contributed by atoms with E-state index >= 15 is 0 Å². The summed E-state index contributed by atoms with van der Waals surface area (Å²) in [6.07, 6.45) is 0. The molecule has 4 rings (SSSR count). The molecule has 4 aromatic rings. The van der Waals surface area contributed by atoms with Gasteiger partial charge in [-0.05, 0) is 136 Å². The normalized spacial score (nSPS) is 12.8. The van der Waals surface area contributed by atoms with Gasteiger partial charge in [-0.3, -0.25) is 0 Å². The fraction of sp³-hybridized carbons (Fsp3) is 0.529. The third-order valence-electron chi connectivity index (χ3n) is 11.5. The summed E-state index contributed by atoms with van der Waals surface area (Å²) < 4.78 is 0. The van der Waals surface area contributed by atoms with Crippen molar-refractivity contribution in [2.45, 2.75) is 178 Å². The Kier molecular flexibility index (Phi) is 15.2. The molecule has 0 bridgehead atoms. The third-order valence-corrected chi connectivity index (χ3v) is 17.1. The highest BCUT2D eigenvalue weighted by Gasteiger charge is 2.31. The molecule has 0 aromatic heterocycles. The molecule has 54 heavy (non-hydrogen) atoms. The van der Waals surface area contributed by atoms with Crippen LogP contribution < -0.4 is 10.5 Å². The number of hydrogen-bond acceptors (Lipinski definition) is 0. The van der Waals surface area contributed by atoms with E-state index in [1.807, 2.05) is 0 Å². The van der Waals surface area contributed by atoms with Crippen molar-refractivity contribution in [2.24, 2.45) is 0 Å². The molecular formula is C51H73ClPSi. The van der Waals surface area contributed by atoms with E-state index < -0.39 is 7.77 Å². The van der Waals surface area contributed by atoms with E-state index in [-0.39, 0.29) is 0 Å². The maximum Gasteiger partial charge on any atom is 0.231 e. The lowest BCUT2D eigenvalue weighted by Gasteiger charge is -2.30. The molecule has 0 amide bonds. The molecule has 293 valence electrons. The SMILES string of the molecule is CC(C)c1cc(C(C)C)c(P[Si](Cl)c2c(-c3c(C(C)C)cc(C(C)C)cc3C(C)C)cccc2-c2c(C(C)C)cc(C(C)C)cc2C(C)C)c(C(C)C)c1. The summed E-state index contributed by atoms with van der Waals surface area (Å²) in [6.45, 7) is 42.5. The summed E-state index contributed by atoms with van der Waals surface area (Å²) in [4.78, 5) is 0. The first-order valence-electron chi connectivity index (χ1n) is 21.1. The zero-order chi connectivity index (χ0) is 40.5. The lowest BCUT2D eigenvalue weighted by molar-refractivity contribution is 0.807. The van der Waals surface area contributed by atoms with Gasteiger partial charge in [0.1, 0.15) is 0 Å². The minimum Gasteiger partial charge on any atom is -0.156 e. The van der Waals surface area contributed by atoms with E-state index in [1.54, 1.807) is 0 Å². The van der Waals surface area contributed by atoms with Crippen LogP contribution in [0.5, 0.6) is 0 Å². The number of hydrogen-bond donors (Lipinski definition) is 0. The topological polar surface area (TPSA) is 0 Å². The van der Waals surface area contributed by atoms with E-state index in [0.29, 0.717) is 61.4 Å². The molecule has 0 saturated carbocycles. The second-order valence-electron chi connectivity index (χ2n) is 18.8. The van der Waals surface area contributed by atoms with Crippen LogP contribution in [0.15, 0.2) is 54.6 Å². The standard InChI is InChI=1S/C51H73ClPSi/c1-28(2)37-22-42(31(7)8)48(43(23-37)32(9)10)40-20-19-21-41(49-44(33(11)12)24-38(29(3)4)25-45(49)34(13)14)51(40)54(52)53-50-46(35(15)16)26-39(30(5)6)27-47(50)36(17)18/h19-36,53H,1-18H3.